The van der Waals surface area contributed by atoms with Gasteiger partial charge in [-0.25, -0.2) is 0 Å². The summed E-state index contributed by atoms with van der Waals surface area (Å²) >= 11 is 0. The quantitative estimate of drug-likeness (QED) is 0.798. The van der Waals surface area contributed by atoms with Gasteiger partial charge in [0.2, 0.25) is 0 Å². The van der Waals surface area contributed by atoms with Crippen molar-refractivity contribution in [2.24, 2.45) is 0 Å². The number of rotatable bonds is 6. The average Bonchev–Trinajstić information content (AvgIpc) is 2.27. The lowest BCUT2D eigenvalue weighted by Gasteiger charge is -2.21. The first-order valence-electron chi connectivity index (χ1n) is 5.86. The number of nitrogens with one attached hydrogen (secondary N) is 1. The van der Waals surface area contributed by atoms with Crippen LogP contribution in [-0.2, 0) is 6.54 Å². The Bertz CT molecular complexity index is 366. The Labute approximate surface area is 105 Å². The van der Waals surface area contributed by atoms with Gasteiger partial charge in [-0.05, 0) is 25.1 Å². The Hall–Kier alpha value is -1.30. The summed E-state index contributed by atoms with van der Waals surface area (Å²) in [5, 5.41) is 3.16. The Morgan fingerprint density at radius 1 is 1.39 bits per heavy atom. The second kappa shape index (κ2) is 6.58. The first kappa shape index (κ1) is 14.8. The third-order valence-corrected chi connectivity index (χ3v) is 2.39. The molecule has 0 amide bonds. The molecule has 6 heteroatoms. The summed E-state index contributed by atoms with van der Waals surface area (Å²) in [5.74, 6) is 0. The lowest BCUT2D eigenvalue weighted by Crippen LogP contribution is -2.31. The number of aromatic nitrogens is 1. The average molecular weight is 261 g/mol. The van der Waals surface area contributed by atoms with Crippen molar-refractivity contribution in [3.63, 3.8) is 0 Å². The van der Waals surface area contributed by atoms with Crippen LogP contribution in [0.4, 0.5) is 18.9 Å². The van der Waals surface area contributed by atoms with Gasteiger partial charge in [0.1, 0.15) is 6.54 Å². The van der Waals surface area contributed by atoms with Crippen LogP contribution in [0.5, 0.6) is 0 Å². The third kappa shape index (κ3) is 5.35. The van der Waals surface area contributed by atoms with Crippen LogP contribution in [-0.4, -0.2) is 31.3 Å². The summed E-state index contributed by atoms with van der Waals surface area (Å²) in [6.45, 7) is 2.53. The van der Waals surface area contributed by atoms with Crippen LogP contribution in [0.2, 0.25) is 0 Å². The van der Waals surface area contributed by atoms with Gasteiger partial charge in [0, 0.05) is 25.5 Å². The van der Waals surface area contributed by atoms with Crippen LogP contribution in [0, 0.1) is 0 Å². The standard InChI is InChI=1S/C12H18F3N3/c1-3-5-16-8-10-7-11(4-6-17-10)18(2)9-12(13,14)15/h4,6-7,16H,3,5,8-9H2,1-2H3. The van der Waals surface area contributed by atoms with Crippen molar-refractivity contribution in [1.82, 2.24) is 10.3 Å². The number of anilines is 1. The van der Waals surface area contributed by atoms with Gasteiger partial charge in [-0.1, -0.05) is 6.92 Å². The second-order valence-electron chi connectivity index (χ2n) is 4.15. The SMILES string of the molecule is CCCNCc1cc(N(C)CC(F)(F)F)ccn1. The minimum atomic E-state index is -4.20. The summed E-state index contributed by atoms with van der Waals surface area (Å²) < 4.78 is 36.8. The highest BCUT2D eigenvalue weighted by atomic mass is 19.4. The Morgan fingerprint density at radius 2 is 2.11 bits per heavy atom. The molecule has 1 aromatic heterocycles. The summed E-state index contributed by atoms with van der Waals surface area (Å²) in [4.78, 5) is 5.29. The van der Waals surface area contributed by atoms with Crippen LogP contribution in [0.3, 0.4) is 0 Å². The van der Waals surface area contributed by atoms with Crippen LogP contribution < -0.4 is 10.2 Å². The van der Waals surface area contributed by atoms with Gasteiger partial charge in [-0.15, -0.1) is 0 Å². The fourth-order valence-electron chi connectivity index (χ4n) is 1.55. The Kier molecular flexibility index (Phi) is 5.40. The minimum absolute atomic E-state index is 0.524. The molecule has 1 heterocycles. The first-order chi connectivity index (χ1) is 8.42. The maximum atomic E-state index is 12.3. The molecule has 0 aliphatic carbocycles. The molecule has 1 rings (SSSR count). The molecule has 18 heavy (non-hydrogen) atoms. The monoisotopic (exact) mass is 261 g/mol. The van der Waals surface area contributed by atoms with Crippen LogP contribution >= 0.6 is 0 Å². The van der Waals surface area contributed by atoms with E-state index < -0.39 is 12.7 Å². The van der Waals surface area contributed by atoms with Crippen LogP contribution in [0.1, 0.15) is 19.0 Å². The number of pyridine rings is 1. The summed E-state index contributed by atoms with van der Waals surface area (Å²) in [7, 11) is 1.42. The topological polar surface area (TPSA) is 28.2 Å². The van der Waals surface area contributed by atoms with E-state index in [0.717, 1.165) is 18.7 Å². The van der Waals surface area contributed by atoms with E-state index in [2.05, 4.69) is 10.3 Å². The smallest absolute Gasteiger partial charge is 0.366 e. The molecule has 0 radical (unpaired) electrons. The molecule has 0 aliphatic rings. The van der Waals surface area contributed by atoms with Crippen LogP contribution in [0.25, 0.3) is 0 Å². The highest BCUT2D eigenvalue weighted by molar-refractivity contribution is 5.45. The fourth-order valence-corrected chi connectivity index (χ4v) is 1.55. The molecule has 102 valence electrons. The zero-order valence-corrected chi connectivity index (χ0v) is 10.6. The largest absolute Gasteiger partial charge is 0.405 e. The van der Waals surface area contributed by atoms with Gasteiger partial charge in [0.25, 0.3) is 0 Å². The molecule has 3 nitrogen and oxygen atoms in total. The van der Waals surface area contributed by atoms with E-state index in [1.165, 1.54) is 18.1 Å². The molecule has 0 unspecified atom stereocenters. The summed E-state index contributed by atoms with van der Waals surface area (Å²) in [5.41, 5.74) is 1.27. The van der Waals surface area contributed by atoms with Gasteiger partial charge < -0.3 is 10.2 Å². The molecule has 0 atom stereocenters. The lowest BCUT2D eigenvalue weighted by molar-refractivity contribution is -0.119. The Balaban J connectivity index is 2.63. The van der Waals surface area contributed by atoms with Crippen molar-refractivity contribution >= 4 is 5.69 Å². The van der Waals surface area contributed by atoms with E-state index in [1.54, 1.807) is 12.1 Å². The predicted molar refractivity (Wildman–Crippen MR) is 65.6 cm³/mol. The Morgan fingerprint density at radius 3 is 2.72 bits per heavy atom. The number of halogens is 3. The van der Waals surface area contributed by atoms with Gasteiger partial charge in [-0.2, -0.15) is 13.2 Å². The van der Waals surface area contributed by atoms with E-state index in [0.29, 0.717) is 12.2 Å². The summed E-state index contributed by atoms with van der Waals surface area (Å²) in [6, 6.07) is 3.25. The van der Waals surface area contributed by atoms with Gasteiger partial charge in [-0.3, -0.25) is 4.98 Å². The van der Waals surface area contributed by atoms with E-state index in [-0.39, 0.29) is 0 Å². The van der Waals surface area contributed by atoms with E-state index in [9.17, 15) is 13.2 Å². The molecule has 1 N–H and O–H groups in total. The molecule has 0 bridgehead atoms. The number of alkyl halides is 3. The predicted octanol–water partition coefficient (Wildman–Crippen LogP) is 2.58. The highest BCUT2D eigenvalue weighted by Crippen LogP contribution is 2.20. The molecule has 1 aromatic rings. The van der Waals surface area contributed by atoms with Gasteiger partial charge >= 0.3 is 6.18 Å². The van der Waals surface area contributed by atoms with Crippen molar-refractivity contribution in [1.29, 1.82) is 0 Å². The van der Waals surface area contributed by atoms with Crippen molar-refractivity contribution in [2.45, 2.75) is 26.1 Å². The van der Waals surface area contributed by atoms with Crippen molar-refractivity contribution in [2.75, 3.05) is 25.0 Å². The molecule has 0 fully saturated rings. The maximum Gasteiger partial charge on any atom is 0.405 e. The molecule has 0 saturated carbocycles. The molecule has 0 aromatic carbocycles. The molecular formula is C12H18F3N3. The summed E-state index contributed by atoms with van der Waals surface area (Å²) in [6.07, 6.45) is -1.66. The number of hydrogen-bond acceptors (Lipinski definition) is 3. The molecular weight excluding hydrogens is 243 g/mol. The van der Waals surface area contributed by atoms with Crippen molar-refractivity contribution in [3.05, 3.63) is 24.0 Å². The molecule has 0 saturated heterocycles. The van der Waals surface area contributed by atoms with Gasteiger partial charge in [0.05, 0.1) is 5.69 Å². The number of nitrogens with zero attached hydrogens (tertiary/aromatic N) is 2. The zero-order valence-electron chi connectivity index (χ0n) is 10.6. The lowest BCUT2D eigenvalue weighted by atomic mass is 10.3. The normalized spacial score (nSPS) is 11.6. The van der Waals surface area contributed by atoms with Gasteiger partial charge in [0.15, 0.2) is 0 Å². The fraction of sp³-hybridized carbons (Fsp3) is 0.583. The minimum Gasteiger partial charge on any atom is -0.366 e. The van der Waals surface area contributed by atoms with E-state index in [1.807, 2.05) is 6.92 Å². The molecule has 0 spiro atoms. The zero-order chi connectivity index (χ0) is 13.6. The molecule has 0 aliphatic heterocycles. The van der Waals surface area contributed by atoms with Crippen LogP contribution in [0.15, 0.2) is 18.3 Å². The number of hydrogen-bond donors (Lipinski definition) is 1. The second-order valence-corrected chi connectivity index (χ2v) is 4.15. The third-order valence-electron chi connectivity index (χ3n) is 2.39. The van der Waals surface area contributed by atoms with Crippen molar-refractivity contribution in [3.8, 4) is 0 Å². The van der Waals surface area contributed by atoms with E-state index in [4.69, 9.17) is 0 Å². The first-order valence-corrected chi connectivity index (χ1v) is 5.86. The maximum absolute atomic E-state index is 12.3. The van der Waals surface area contributed by atoms with Crippen molar-refractivity contribution < 1.29 is 13.2 Å². The van der Waals surface area contributed by atoms with E-state index >= 15 is 0 Å². The highest BCUT2D eigenvalue weighted by Gasteiger charge is 2.29.